The smallest absolute Gasteiger partial charge is 0.304 e. The molecule has 0 aromatic heterocycles. The van der Waals surface area contributed by atoms with Gasteiger partial charge in [0.2, 0.25) is 0 Å². The predicted octanol–water partition coefficient (Wildman–Crippen LogP) is 3.89. The van der Waals surface area contributed by atoms with E-state index in [0.29, 0.717) is 29.7 Å². The fourth-order valence-corrected chi connectivity index (χ4v) is 2.75. The topological polar surface area (TPSA) is 55.8 Å². The first-order valence-corrected chi connectivity index (χ1v) is 7.30. The molecule has 4 nitrogen and oxygen atoms in total. The molecule has 0 saturated heterocycles. The summed E-state index contributed by atoms with van der Waals surface area (Å²) in [6.07, 6.45) is -0.00213. The first kappa shape index (κ1) is 16.0. The van der Waals surface area contributed by atoms with Gasteiger partial charge in [0.25, 0.3) is 0 Å². The lowest BCUT2D eigenvalue weighted by Gasteiger charge is -2.25. The minimum absolute atomic E-state index is 0.00213. The van der Waals surface area contributed by atoms with Crippen molar-refractivity contribution in [3.05, 3.63) is 22.7 Å². The second-order valence-corrected chi connectivity index (χ2v) is 7.38. The van der Waals surface area contributed by atoms with Crippen LogP contribution in [-0.2, 0) is 10.2 Å². The summed E-state index contributed by atoms with van der Waals surface area (Å²) in [6, 6.07) is 3.53. The largest absolute Gasteiger partial charge is 0.489 e. The molecular weight excluding hydrogens is 292 g/mol. The standard InChI is InChI=1S/C16H21ClO4/c1-15(2)8-20-12-5-10(16(3,4)7-14(18)19)11(17)6-13(12)21-9-15/h5-6H,7-9H2,1-4H3,(H,18,19). The molecule has 0 spiro atoms. The Balaban J connectivity index is 2.40. The van der Waals surface area contributed by atoms with E-state index >= 15 is 0 Å². The maximum absolute atomic E-state index is 11.0. The van der Waals surface area contributed by atoms with Gasteiger partial charge in [-0.15, -0.1) is 0 Å². The minimum Gasteiger partial charge on any atom is -0.489 e. The van der Waals surface area contributed by atoms with Gasteiger partial charge in [0.05, 0.1) is 19.6 Å². The van der Waals surface area contributed by atoms with E-state index in [-0.39, 0.29) is 11.8 Å². The van der Waals surface area contributed by atoms with E-state index in [9.17, 15) is 4.79 Å². The normalized spacial score (nSPS) is 17.2. The number of carboxylic acids is 1. The molecule has 21 heavy (non-hydrogen) atoms. The van der Waals surface area contributed by atoms with E-state index in [1.165, 1.54) is 0 Å². The summed E-state index contributed by atoms with van der Waals surface area (Å²) in [4.78, 5) is 11.0. The average Bonchev–Trinajstić information content (AvgIpc) is 2.46. The highest BCUT2D eigenvalue weighted by atomic mass is 35.5. The van der Waals surface area contributed by atoms with Crippen molar-refractivity contribution in [3.63, 3.8) is 0 Å². The predicted molar refractivity (Wildman–Crippen MR) is 81.5 cm³/mol. The van der Waals surface area contributed by atoms with E-state index in [4.69, 9.17) is 26.2 Å². The maximum atomic E-state index is 11.0. The van der Waals surface area contributed by atoms with Crippen molar-refractivity contribution in [1.29, 1.82) is 0 Å². The van der Waals surface area contributed by atoms with E-state index in [0.717, 1.165) is 5.56 Å². The summed E-state index contributed by atoms with van der Waals surface area (Å²) >= 11 is 6.33. The third-order valence-electron chi connectivity index (χ3n) is 3.59. The summed E-state index contributed by atoms with van der Waals surface area (Å²) in [5.41, 5.74) is 0.0966. The molecule has 0 atom stereocenters. The Morgan fingerprint density at radius 3 is 2.33 bits per heavy atom. The van der Waals surface area contributed by atoms with Crippen molar-refractivity contribution in [2.45, 2.75) is 39.5 Å². The average molecular weight is 313 g/mol. The van der Waals surface area contributed by atoms with Crippen LogP contribution in [0.15, 0.2) is 12.1 Å². The molecule has 0 unspecified atom stereocenters. The third kappa shape index (κ3) is 3.62. The number of fused-ring (bicyclic) bond motifs is 1. The molecular formula is C16H21ClO4. The number of rotatable bonds is 3. The summed E-state index contributed by atoms with van der Waals surface area (Å²) in [7, 11) is 0. The number of ether oxygens (including phenoxy) is 2. The SMILES string of the molecule is CC1(C)COc2cc(Cl)c(C(C)(C)CC(=O)O)cc2OC1. The summed E-state index contributed by atoms with van der Waals surface area (Å²) in [6.45, 7) is 8.94. The van der Waals surface area contributed by atoms with Crippen molar-refractivity contribution in [1.82, 2.24) is 0 Å². The van der Waals surface area contributed by atoms with Crippen LogP contribution in [0, 0.1) is 5.41 Å². The first-order chi connectivity index (χ1) is 9.61. The Kier molecular flexibility index (Phi) is 4.11. The third-order valence-corrected chi connectivity index (χ3v) is 3.91. The van der Waals surface area contributed by atoms with Crippen molar-refractivity contribution < 1.29 is 19.4 Å². The van der Waals surface area contributed by atoms with E-state index < -0.39 is 11.4 Å². The molecule has 0 saturated carbocycles. The van der Waals surface area contributed by atoms with Crippen LogP contribution >= 0.6 is 11.6 Å². The van der Waals surface area contributed by atoms with Crippen LogP contribution < -0.4 is 9.47 Å². The molecule has 1 heterocycles. The van der Waals surface area contributed by atoms with Gasteiger partial charge in [0.1, 0.15) is 0 Å². The monoisotopic (exact) mass is 312 g/mol. The van der Waals surface area contributed by atoms with Crippen LogP contribution in [0.1, 0.15) is 39.7 Å². The number of aliphatic carboxylic acids is 1. The van der Waals surface area contributed by atoms with Crippen molar-refractivity contribution in [3.8, 4) is 11.5 Å². The zero-order chi connectivity index (χ0) is 15.8. The Morgan fingerprint density at radius 2 is 1.81 bits per heavy atom. The highest BCUT2D eigenvalue weighted by Gasteiger charge is 2.31. The van der Waals surface area contributed by atoms with Gasteiger partial charge in [-0.05, 0) is 11.6 Å². The summed E-state index contributed by atoms with van der Waals surface area (Å²) < 4.78 is 11.6. The van der Waals surface area contributed by atoms with Crippen LogP contribution in [0.3, 0.4) is 0 Å². The van der Waals surface area contributed by atoms with Gasteiger partial charge in [-0.25, -0.2) is 0 Å². The van der Waals surface area contributed by atoms with Gasteiger partial charge in [-0.2, -0.15) is 0 Å². The van der Waals surface area contributed by atoms with Gasteiger partial charge in [-0.1, -0.05) is 39.3 Å². The molecule has 2 rings (SSSR count). The fraction of sp³-hybridized carbons (Fsp3) is 0.562. The molecule has 1 aliphatic rings. The van der Waals surface area contributed by atoms with E-state index in [1.807, 2.05) is 19.9 Å². The number of carbonyl (C=O) groups is 1. The van der Waals surface area contributed by atoms with Crippen LogP contribution in [0.25, 0.3) is 0 Å². The van der Waals surface area contributed by atoms with Crippen LogP contribution in [0.5, 0.6) is 11.5 Å². The summed E-state index contributed by atoms with van der Waals surface area (Å²) in [5, 5.41) is 9.56. The fourth-order valence-electron chi connectivity index (χ4n) is 2.34. The highest BCUT2D eigenvalue weighted by Crippen LogP contribution is 2.42. The van der Waals surface area contributed by atoms with Crippen molar-refractivity contribution >= 4 is 17.6 Å². The Morgan fingerprint density at radius 1 is 1.29 bits per heavy atom. The lowest BCUT2D eigenvalue weighted by Crippen LogP contribution is -2.26. The molecule has 5 heteroatoms. The Labute approximate surface area is 130 Å². The molecule has 0 bridgehead atoms. The maximum Gasteiger partial charge on any atom is 0.304 e. The molecule has 0 radical (unpaired) electrons. The lowest BCUT2D eigenvalue weighted by atomic mass is 9.81. The van der Waals surface area contributed by atoms with Crippen molar-refractivity contribution in [2.24, 2.45) is 5.41 Å². The molecule has 1 aromatic carbocycles. The zero-order valence-electron chi connectivity index (χ0n) is 12.8. The van der Waals surface area contributed by atoms with E-state index in [2.05, 4.69) is 13.8 Å². The highest BCUT2D eigenvalue weighted by molar-refractivity contribution is 6.31. The molecule has 0 amide bonds. The molecule has 0 fully saturated rings. The van der Waals surface area contributed by atoms with Gasteiger partial charge < -0.3 is 14.6 Å². The van der Waals surface area contributed by atoms with Crippen LogP contribution in [0.4, 0.5) is 0 Å². The number of hydrogen-bond donors (Lipinski definition) is 1. The number of benzene rings is 1. The number of carboxylic acid groups (broad SMARTS) is 1. The Hall–Kier alpha value is -1.42. The van der Waals surface area contributed by atoms with Gasteiger partial charge >= 0.3 is 5.97 Å². The van der Waals surface area contributed by atoms with Gasteiger partial charge in [0.15, 0.2) is 11.5 Å². The van der Waals surface area contributed by atoms with E-state index in [1.54, 1.807) is 6.07 Å². The molecule has 1 aliphatic heterocycles. The van der Waals surface area contributed by atoms with Gasteiger partial charge in [0, 0.05) is 21.9 Å². The molecule has 116 valence electrons. The van der Waals surface area contributed by atoms with Gasteiger partial charge in [-0.3, -0.25) is 4.79 Å². The van der Waals surface area contributed by atoms with Crippen LogP contribution in [0.2, 0.25) is 5.02 Å². The lowest BCUT2D eigenvalue weighted by molar-refractivity contribution is -0.138. The molecule has 1 aromatic rings. The summed E-state index contributed by atoms with van der Waals surface area (Å²) in [5.74, 6) is 0.378. The molecule has 1 N–H and O–H groups in total. The zero-order valence-corrected chi connectivity index (χ0v) is 13.6. The minimum atomic E-state index is -0.857. The first-order valence-electron chi connectivity index (χ1n) is 6.92. The van der Waals surface area contributed by atoms with Crippen LogP contribution in [-0.4, -0.2) is 24.3 Å². The second kappa shape index (κ2) is 5.41. The second-order valence-electron chi connectivity index (χ2n) is 6.97. The Bertz CT molecular complexity index is 564. The number of hydrogen-bond acceptors (Lipinski definition) is 3. The molecule has 0 aliphatic carbocycles. The number of halogens is 1. The van der Waals surface area contributed by atoms with Crippen molar-refractivity contribution in [2.75, 3.05) is 13.2 Å². The quantitative estimate of drug-likeness (QED) is 0.920.